The molecule has 35 heavy (non-hydrogen) atoms. The van der Waals surface area contributed by atoms with E-state index in [1.807, 2.05) is 31.0 Å². The number of benzene rings is 1. The molecule has 0 unspecified atom stereocenters. The van der Waals surface area contributed by atoms with E-state index in [-0.39, 0.29) is 35.5 Å². The van der Waals surface area contributed by atoms with Gasteiger partial charge in [0.15, 0.2) is 17.4 Å². The van der Waals surface area contributed by atoms with Gasteiger partial charge in [-0.25, -0.2) is 18.7 Å². The number of rotatable bonds is 5. The van der Waals surface area contributed by atoms with E-state index in [1.54, 1.807) is 16.7 Å². The second-order valence-corrected chi connectivity index (χ2v) is 9.36. The van der Waals surface area contributed by atoms with E-state index in [4.69, 9.17) is 4.74 Å². The van der Waals surface area contributed by atoms with Gasteiger partial charge in [0.05, 0.1) is 18.4 Å². The quantitative estimate of drug-likeness (QED) is 0.599. The number of piperidine rings is 1. The summed E-state index contributed by atoms with van der Waals surface area (Å²) in [4.78, 5) is 23.3. The number of halogens is 2. The first kappa shape index (κ1) is 23.4. The molecule has 5 rings (SSSR count). The van der Waals surface area contributed by atoms with Gasteiger partial charge in [-0.05, 0) is 63.5 Å². The van der Waals surface area contributed by atoms with Crippen LogP contribution < -0.4 is 20.5 Å². The maximum absolute atomic E-state index is 14.9. The molecule has 0 spiro atoms. The first-order valence-corrected chi connectivity index (χ1v) is 12.1. The molecular formula is C26H29F2N5O2. The number of ether oxygens (including phenoxy) is 1. The van der Waals surface area contributed by atoms with Gasteiger partial charge < -0.3 is 19.5 Å². The molecule has 0 aliphatic carbocycles. The van der Waals surface area contributed by atoms with Crippen LogP contribution in [0.15, 0.2) is 41.5 Å². The van der Waals surface area contributed by atoms with Crippen LogP contribution in [0.25, 0.3) is 11.3 Å². The summed E-state index contributed by atoms with van der Waals surface area (Å²) in [5.74, 6) is -0.653. The fraction of sp³-hybridized carbons (Fsp3) is 0.423. The number of hydrogen-bond donors (Lipinski definition) is 1. The number of nitrogens with zero attached hydrogens (tertiary/aromatic N) is 4. The Balaban J connectivity index is 1.44. The van der Waals surface area contributed by atoms with Crippen LogP contribution in [0.2, 0.25) is 0 Å². The van der Waals surface area contributed by atoms with Crippen molar-refractivity contribution in [3.63, 3.8) is 0 Å². The fourth-order valence-corrected chi connectivity index (χ4v) is 4.88. The van der Waals surface area contributed by atoms with Crippen LogP contribution in [0.1, 0.15) is 44.1 Å². The van der Waals surface area contributed by atoms with Crippen molar-refractivity contribution in [1.29, 1.82) is 0 Å². The Labute approximate surface area is 202 Å². The standard InChI is InChI=1S/C26H29F2N5O2/c1-16(2)32-9-10-35-26-20(27)13-18(14-22(26)32)25-21(28)15-30-23(31-25)11-17-5-8-33(24(34)12-17)19-3-6-29-7-4-19/h5,8,12-16,19,29H,3-4,6-7,9-11H2,1-2H3. The third-order valence-electron chi connectivity index (χ3n) is 6.68. The van der Waals surface area contributed by atoms with E-state index in [9.17, 15) is 13.6 Å². The number of aromatic nitrogens is 3. The highest BCUT2D eigenvalue weighted by molar-refractivity contribution is 5.72. The first-order chi connectivity index (χ1) is 16.9. The van der Waals surface area contributed by atoms with Crippen molar-refractivity contribution in [2.45, 2.75) is 45.2 Å². The van der Waals surface area contributed by atoms with Gasteiger partial charge in [0.1, 0.15) is 18.1 Å². The Morgan fingerprint density at radius 3 is 2.71 bits per heavy atom. The molecule has 2 aromatic heterocycles. The average Bonchev–Trinajstić information content (AvgIpc) is 2.85. The third kappa shape index (κ3) is 4.77. The van der Waals surface area contributed by atoms with E-state index in [1.165, 1.54) is 6.07 Å². The monoisotopic (exact) mass is 481 g/mol. The highest BCUT2D eigenvalue weighted by atomic mass is 19.1. The Kier molecular flexibility index (Phi) is 6.51. The largest absolute Gasteiger partial charge is 0.486 e. The molecule has 4 heterocycles. The molecule has 184 valence electrons. The van der Waals surface area contributed by atoms with Crippen molar-refractivity contribution < 1.29 is 13.5 Å². The lowest BCUT2D eigenvalue weighted by Crippen LogP contribution is -2.38. The van der Waals surface area contributed by atoms with Crippen molar-refractivity contribution in [3.8, 4) is 17.0 Å². The molecule has 3 aromatic rings. The minimum Gasteiger partial charge on any atom is -0.486 e. The normalized spacial score (nSPS) is 16.3. The van der Waals surface area contributed by atoms with Crippen LogP contribution in [0.4, 0.5) is 14.5 Å². The Morgan fingerprint density at radius 1 is 1.17 bits per heavy atom. The lowest BCUT2D eigenvalue weighted by Gasteiger charge is -2.34. The number of pyridine rings is 1. The molecule has 2 aliphatic rings. The summed E-state index contributed by atoms with van der Waals surface area (Å²) in [5.41, 5.74) is 1.60. The Morgan fingerprint density at radius 2 is 1.97 bits per heavy atom. The van der Waals surface area contributed by atoms with Crippen LogP contribution in [0.5, 0.6) is 5.75 Å². The summed E-state index contributed by atoms with van der Waals surface area (Å²) in [6.45, 7) is 6.84. The maximum Gasteiger partial charge on any atom is 0.251 e. The van der Waals surface area contributed by atoms with Gasteiger partial charge in [0.25, 0.3) is 5.56 Å². The molecular weight excluding hydrogens is 452 g/mol. The highest BCUT2D eigenvalue weighted by Crippen LogP contribution is 2.39. The predicted molar refractivity (Wildman–Crippen MR) is 130 cm³/mol. The van der Waals surface area contributed by atoms with Gasteiger partial charge in [0.2, 0.25) is 0 Å². The molecule has 0 bridgehead atoms. The highest BCUT2D eigenvalue weighted by Gasteiger charge is 2.26. The number of nitrogens with one attached hydrogen (secondary N) is 1. The predicted octanol–water partition coefficient (Wildman–Crippen LogP) is 3.71. The third-order valence-corrected chi connectivity index (χ3v) is 6.68. The Bertz CT molecular complexity index is 1290. The van der Waals surface area contributed by atoms with Crippen molar-refractivity contribution in [2.24, 2.45) is 0 Å². The summed E-state index contributed by atoms with van der Waals surface area (Å²) in [6, 6.07) is 6.76. The number of fused-ring (bicyclic) bond motifs is 1. The van der Waals surface area contributed by atoms with Crippen molar-refractivity contribution >= 4 is 5.69 Å². The van der Waals surface area contributed by atoms with Gasteiger partial charge in [-0.3, -0.25) is 4.79 Å². The van der Waals surface area contributed by atoms with Gasteiger partial charge in [-0.2, -0.15) is 0 Å². The van der Waals surface area contributed by atoms with Gasteiger partial charge in [-0.15, -0.1) is 0 Å². The van der Waals surface area contributed by atoms with E-state index >= 15 is 0 Å². The second kappa shape index (κ2) is 9.73. The van der Waals surface area contributed by atoms with E-state index < -0.39 is 11.6 Å². The number of hydrogen-bond acceptors (Lipinski definition) is 6. The number of anilines is 1. The smallest absolute Gasteiger partial charge is 0.251 e. The molecule has 0 atom stereocenters. The van der Waals surface area contributed by atoms with Gasteiger partial charge in [-0.1, -0.05) is 0 Å². The molecule has 1 aromatic carbocycles. The maximum atomic E-state index is 14.9. The summed E-state index contributed by atoms with van der Waals surface area (Å²) in [6.07, 6.45) is 5.02. The average molecular weight is 482 g/mol. The Hall–Kier alpha value is -3.33. The van der Waals surface area contributed by atoms with E-state index in [2.05, 4.69) is 15.3 Å². The summed E-state index contributed by atoms with van der Waals surface area (Å²) in [5, 5.41) is 3.30. The minimum absolute atomic E-state index is 0.0222. The van der Waals surface area contributed by atoms with Gasteiger partial charge in [0, 0.05) is 36.3 Å². The molecule has 1 saturated heterocycles. The molecule has 1 N–H and O–H groups in total. The van der Waals surface area contributed by atoms with E-state index in [0.29, 0.717) is 30.2 Å². The molecule has 0 radical (unpaired) electrons. The molecule has 0 saturated carbocycles. The topological polar surface area (TPSA) is 72.3 Å². The van der Waals surface area contributed by atoms with Crippen LogP contribution in [0.3, 0.4) is 0 Å². The van der Waals surface area contributed by atoms with Crippen LogP contribution >= 0.6 is 0 Å². The van der Waals surface area contributed by atoms with Crippen molar-refractivity contribution in [2.75, 3.05) is 31.1 Å². The summed E-state index contributed by atoms with van der Waals surface area (Å²) in [7, 11) is 0. The zero-order valence-corrected chi connectivity index (χ0v) is 19.9. The molecule has 1 fully saturated rings. The first-order valence-electron chi connectivity index (χ1n) is 12.1. The summed E-state index contributed by atoms with van der Waals surface area (Å²) < 4.78 is 37.0. The lowest BCUT2D eigenvalue weighted by molar-refractivity contribution is 0.287. The molecule has 2 aliphatic heterocycles. The second-order valence-electron chi connectivity index (χ2n) is 9.36. The zero-order valence-electron chi connectivity index (χ0n) is 19.9. The summed E-state index contributed by atoms with van der Waals surface area (Å²) >= 11 is 0. The van der Waals surface area contributed by atoms with Crippen LogP contribution in [-0.2, 0) is 6.42 Å². The van der Waals surface area contributed by atoms with Gasteiger partial charge >= 0.3 is 0 Å². The fourth-order valence-electron chi connectivity index (χ4n) is 4.88. The van der Waals surface area contributed by atoms with Crippen molar-refractivity contribution in [1.82, 2.24) is 19.9 Å². The molecule has 9 heteroatoms. The SMILES string of the molecule is CC(C)N1CCOc2c(F)cc(-c3nc(Cc4ccn(C5CCNCC5)c(=O)c4)ncc3F)cc21. The minimum atomic E-state index is -0.637. The molecule has 7 nitrogen and oxygen atoms in total. The van der Waals surface area contributed by atoms with Crippen LogP contribution in [-0.4, -0.2) is 46.8 Å². The van der Waals surface area contributed by atoms with Crippen molar-refractivity contribution in [3.05, 3.63) is 70.0 Å². The molecule has 0 amide bonds. The zero-order chi connectivity index (χ0) is 24.5. The lowest BCUT2D eigenvalue weighted by atomic mass is 10.1. The van der Waals surface area contributed by atoms with E-state index in [0.717, 1.165) is 37.7 Å². The van der Waals surface area contributed by atoms with Crippen LogP contribution in [0, 0.1) is 11.6 Å².